The summed E-state index contributed by atoms with van der Waals surface area (Å²) in [6, 6.07) is 0. The first-order valence-corrected chi connectivity index (χ1v) is 5.26. The van der Waals surface area contributed by atoms with Crippen LogP contribution in [0.5, 0.6) is 0 Å². The average molecular weight is 175 g/mol. The van der Waals surface area contributed by atoms with E-state index in [1.807, 2.05) is 0 Å². The van der Waals surface area contributed by atoms with E-state index in [2.05, 4.69) is 0 Å². The molecule has 6 nitrogen and oxygen atoms in total. The lowest BCUT2D eigenvalue weighted by atomic mass is 12.0. The van der Waals surface area contributed by atoms with Crippen LogP contribution in [0, 0.1) is 0 Å². The molecule has 0 spiro atoms. The lowest BCUT2D eigenvalue weighted by molar-refractivity contribution is 0.368. The largest absolute Gasteiger partial charge is 0.413 e. The predicted molar refractivity (Wildman–Crippen MR) is 30.0 cm³/mol. The summed E-state index contributed by atoms with van der Waals surface area (Å²) in [5.41, 5.74) is 0. The maximum atomic E-state index is 10.0. The number of rotatable bonds is 2. The molecule has 0 heterocycles. The van der Waals surface area contributed by atoms with Gasteiger partial charge in [-0.3, -0.25) is 0 Å². The van der Waals surface area contributed by atoms with E-state index in [0.29, 0.717) is 6.26 Å². The van der Waals surface area contributed by atoms with Gasteiger partial charge < -0.3 is 9.79 Å². The highest BCUT2D eigenvalue weighted by atomic mass is 32.2. The van der Waals surface area contributed by atoms with Gasteiger partial charge in [-0.25, -0.2) is 13.0 Å². The van der Waals surface area contributed by atoms with E-state index in [-0.39, 0.29) is 0 Å². The summed E-state index contributed by atoms with van der Waals surface area (Å²) < 4.78 is 31.0. The average Bonchev–Trinajstić information content (AvgIpc) is 1.14. The molecule has 3 N–H and O–H groups in total. The highest BCUT2D eigenvalue weighted by Gasteiger charge is 2.17. The topological polar surface area (TPSA) is 104 Å². The second-order valence-electron chi connectivity index (χ2n) is 1.41. The Morgan fingerprint density at radius 3 is 1.78 bits per heavy atom. The van der Waals surface area contributed by atoms with Crippen LogP contribution < -0.4 is 4.49 Å². The molecule has 0 saturated heterocycles. The predicted octanol–water partition coefficient (Wildman–Crippen LogP) is -1.37. The number of hydrogen-bond donors (Lipinski definition) is 3. The van der Waals surface area contributed by atoms with Crippen LogP contribution in [-0.4, -0.2) is 24.5 Å². The fraction of sp³-hybridized carbons (Fsp3) is 1.00. The molecule has 0 aliphatic carbocycles. The van der Waals surface area contributed by atoms with Crippen molar-refractivity contribution in [3.8, 4) is 0 Å². The normalized spacial score (nSPS) is 13.7. The van der Waals surface area contributed by atoms with Gasteiger partial charge in [0, 0.05) is 0 Å². The van der Waals surface area contributed by atoms with Crippen LogP contribution in [0.2, 0.25) is 0 Å². The van der Waals surface area contributed by atoms with Gasteiger partial charge in [-0.1, -0.05) is 0 Å². The molecule has 0 radical (unpaired) electrons. The molecule has 0 amide bonds. The molecule has 0 aromatic carbocycles. The fourth-order valence-electron chi connectivity index (χ4n) is 0.216. The maximum absolute atomic E-state index is 10.0. The second kappa shape index (κ2) is 2.36. The number of sulfonamides is 1. The Kier molecular flexibility index (Phi) is 2.37. The standard InChI is InChI=1S/CH6NO5PS/c1-9(6,7)2-8(3,4)5/h1H3,(H3,2,3,4,5). The first-order chi connectivity index (χ1) is 3.71. The minimum Gasteiger partial charge on any atom is -0.312 e. The van der Waals surface area contributed by atoms with Crippen LogP contribution in [-0.2, 0) is 14.6 Å². The molecular weight excluding hydrogens is 169 g/mol. The smallest absolute Gasteiger partial charge is 0.312 e. The van der Waals surface area contributed by atoms with Crippen molar-refractivity contribution in [2.75, 3.05) is 6.26 Å². The molecule has 56 valence electrons. The zero-order valence-corrected chi connectivity index (χ0v) is 6.19. The van der Waals surface area contributed by atoms with Crippen molar-refractivity contribution in [2.24, 2.45) is 0 Å². The molecule has 9 heavy (non-hydrogen) atoms. The summed E-state index contributed by atoms with van der Waals surface area (Å²) >= 11 is 0. The maximum Gasteiger partial charge on any atom is 0.413 e. The van der Waals surface area contributed by atoms with Crippen LogP contribution in [0.25, 0.3) is 0 Å². The van der Waals surface area contributed by atoms with Gasteiger partial charge >= 0.3 is 7.75 Å². The van der Waals surface area contributed by atoms with E-state index in [1.165, 1.54) is 0 Å². The van der Waals surface area contributed by atoms with Crippen LogP contribution in [0.4, 0.5) is 0 Å². The molecule has 0 aliphatic heterocycles. The second-order valence-corrected chi connectivity index (χ2v) is 4.77. The van der Waals surface area contributed by atoms with Crippen LogP contribution in [0.1, 0.15) is 0 Å². The molecule has 0 aromatic heterocycles. The lowest BCUT2D eigenvalue weighted by Gasteiger charge is -2.01. The van der Waals surface area contributed by atoms with Crippen LogP contribution in [0.15, 0.2) is 0 Å². The zero-order chi connectivity index (χ0) is 7.71. The van der Waals surface area contributed by atoms with Gasteiger partial charge in [0.1, 0.15) is 0 Å². The van der Waals surface area contributed by atoms with E-state index in [0.717, 1.165) is 4.49 Å². The van der Waals surface area contributed by atoms with Crippen LogP contribution >= 0.6 is 7.75 Å². The van der Waals surface area contributed by atoms with E-state index in [1.54, 1.807) is 0 Å². The summed E-state index contributed by atoms with van der Waals surface area (Å²) in [6.07, 6.45) is 0.659. The monoisotopic (exact) mass is 175 g/mol. The molecule has 0 unspecified atom stereocenters. The van der Waals surface area contributed by atoms with Crippen molar-refractivity contribution in [1.82, 2.24) is 4.49 Å². The minimum absolute atomic E-state index is 0.659. The zero-order valence-electron chi connectivity index (χ0n) is 4.47. The number of nitrogens with one attached hydrogen (secondary N) is 1. The summed E-state index contributed by atoms with van der Waals surface area (Å²) in [5.74, 6) is 0. The van der Waals surface area contributed by atoms with Crippen molar-refractivity contribution < 1.29 is 22.8 Å². The Labute approximate surface area is 52.2 Å². The molecule has 0 bridgehead atoms. The Balaban J connectivity index is 4.26. The summed E-state index contributed by atoms with van der Waals surface area (Å²) in [5, 5.41) is 0. The van der Waals surface area contributed by atoms with E-state index in [9.17, 15) is 13.0 Å². The third-order valence-corrected chi connectivity index (χ3v) is 2.56. The molecule has 0 fully saturated rings. The van der Waals surface area contributed by atoms with Gasteiger partial charge in [-0.15, -0.1) is 4.49 Å². The SMILES string of the molecule is CS(=O)(=O)NP(=O)(O)O. The summed E-state index contributed by atoms with van der Waals surface area (Å²) in [6.45, 7) is 0. The minimum atomic E-state index is -4.63. The highest BCUT2D eigenvalue weighted by molar-refractivity contribution is 7.93. The van der Waals surface area contributed by atoms with Crippen LogP contribution in [0.3, 0.4) is 0 Å². The van der Waals surface area contributed by atoms with E-state index < -0.39 is 17.8 Å². The molecule has 0 atom stereocenters. The Bertz CT molecular complexity index is 223. The highest BCUT2D eigenvalue weighted by Crippen LogP contribution is 2.28. The van der Waals surface area contributed by atoms with Gasteiger partial charge in [0.15, 0.2) is 0 Å². The molecule has 0 rings (SSSR count). The molecule has 0 saturated carbocycles. The van der Waals surface area contributed by atoms with Crippen molar-refractivity contribution in [3.63, 3.8) is 0 Å². The van der Waals surface area contributed by atoms with Gasteiger partial charge in [0.25, 0.3) is 0 Å². The van der Waals surface area contributed by atoms with Gasteiger partial charge in [-0.2, -0.15) is 0 Å². The Morgan fingerprint density at radius 1 is 1.44 bits per heavy atom. The van der Waals surface area contributed by atoms with Crippen molar-refractivity contribution in [3.05, 3.63) is 0 Å². The van der Waals surface area contributed by atoms with E-state index in [4.69, 9.17) is 9.79 Å². The Hall–Kier alpha value is 0.0600. The molecular formula is CH6NO5PS. The molecule has 0 aromatic rings. The lowest BCUT2D eigenvalue weighted by Crippen LogP contribution is -2.17. The van der Waals surface area contributed by atoms with Crippen molar-refractivity contribution >= 4 is 17.8 Å². The van der Waals surface area contributed by atoms with Gasteiger partial charge in [-0.05, 0) is 0 Å². The molecule has 8 heteroatoms. The first kappa shape index (κ1) is 9.06. The molecule has 0 aliphatic rings. The quantitative estimate of drug-likeness (QED) is 0.449. The number of hydrogen-bond acceptors (Lipinski definition) is 3. The first-order valence-electron chi connectivity index (χ1n) is 1.75. The third kappa shape index (κ3) is 8.06. The van der Waals surface area contributed by atoms with Crippen molar-refractivity contribution in [1.29, 1.82) is 0 Å². The van der Waals surface area contributed by atoms with E-state index >= 15 is 0 Å². The van der Waals surface area contributed by atoms with Gasteiger partial charge in [0.2, 0.25) is 10.0 Å². The summed E-state index contributed by atoms with van der Waals surface area (Å²) in [7, 11) is -8.42. The van der Waals surface area contributed by atoms with Gasteiger partial charge in [0.05, 0.1) is 6.26 Å². The third-order valence-electron chi connectivity index (χ3n) is 0.285. The fourth-order valence-corrected chi connectivity index (χ4v) is 1.94. The van der Waals surface area contributed by atoms with Crippen molar-refractivity contribution in [2.45, 2.75) is 0 Å². The Morgan fingerprint density at radius 2 is 1.78 bits per heavy atom. The summed E-state index contributed by atoms with van der Waals surface area (Å²) in [4.78, 5) is 15.9.